The van der Waals surface area contributed by atoms with Crippen molar-refractivity contribution in [2.24, 2.45) is 5.92 Å². The number of amides is 1. The van der Waals surface area contributed by atoms with Gasteiger partial charge in [-0.05, 0) is 30.7 Å². The summed E-state index contributed by atoms with van der Waals surface area (Å²) < 4.78 is 13.1. The van der Waals surface area contributed by atoms with Gasteiger partial charge in [0, 0.05) is 30.1 Å². The minimum Gasteiger partial charge on any atom is -0.334 e. The lowest BCUT2D eigenvalue weighted by Crippen LogP contribution is -2.43. The van der Waals surface area contributed by atoms with Crippen LogP contribution in [-0.2, 0) is 11.3 Å². The van der Waals surface area contributed by atoms with Gasteiger partial charge >= 0.3 is 0 Å². The molecule has 1 aliphatic rings. The zero-order valence-electron chi connectivity index (χ0n) is 11.8. The van der Waals surface area contributed by atoms with Crippen LogP contribution in [0.3, 0.4) is 0 Å². The molecule has 0 spiro atoms. The number of hydrogen-bond donors (Lipinski definition) is 1. The fraction of sp³-hybridized carbons (Fsp3) is 0.533. The second-order valence-corrected chi connectivity index (χ2v) is 5.91. The van der Waals surface area contributed by atoms with E-state index in [9.17, 15) is 9.18 Å². The Labute approximate surface area is 124 Å². The van der Waals surface area contributed by atoms with Crippen LogP contribution in [0.2, 0.25) is 5.02 Å². The lowest BCUT2D eigenvalue weighted by molar-refractivity contribution is -0.137. The molecule has 2 rings (SSSR count). The van der Waals surface area contributed by atoms with E-state index in [1.807, 2.05) is 18.7 Å². The van der Waals surface area contributed by atoms with Gasteiger partial charge in [-0.3, -0.25) is 4.79 Å². The molecule has 5 heteroatoms. The molecular formula is C15H20ClFN2O. The quantitative estimate of drug-likeness (QED) is 0.927. The maximum absolute atomic E-state index is 13.1. The maximum atomic E-state index is 13.1. The summed E-state index contributed by atoms with van der Waals surface area (Å²) in [5.74, 6) is -0.308. The highest BCUT2D eigenvalue weighted by molar-refractivity contribution is 6.31. The van der Waals surface area contributed by atoms with Crippen LogP contribution in [0.4, 0.5) is 4.39 Å². The standard InChI is InChI=1S/C15H20ClFN2O/c1-10(2)15(20)19(13-5-6-18-8-13)9-11-3-4-12(17)7-14(11)16/h3-4,7,10,13,18H,5-6,8-9H2,1-2H3/t13-/m0/s1. The average molecular weight is 299 g/mol. The van der Waals surface area contributed by atoms with E-state index in [1.165, 1.54) is 12.1 Å². The number of hydrogen-bond acceptors (Lipinski definition) is 2. The lowest BCUT2D eigenvalue weighted by Gasteiger charge is -2.30. The largest absolute Gasteiger partial charge is 0.334 e. The van der Waals surface area contributed by atoms with Crippen LogP contribution in [-0.4, -0.2) is 29.9 Å². The first kappa shape index (κ1) is 15.3. The van der Waals surface area contributed by atoms with Crippen molar-refractivity contribution in [2.45, 2.75) is 32.9 Å². The number of rotatable bonds is 4. The smallest absolute Gasteiger partial charge is 0.225 e. The lowest BCUT2D eigenvalue weighted by atomic mass is 10.1. The Morgan fingerprint density at radius 1 is 1.55 bits per heavy atom. The number of benzene rings is 1. The van der Waals surface area contributed by atoms with Crippen molar-refractivity contribution >= 4 is 17.5 Å². The van der Waals surface area contributed by atoms with Crippen LogP contribution in [0.5, 0.6) is 0 Å². The summed E-state index contributed by atoms with van der Waals surface area (Å²) >= 11 is 6.07. The van der Waals surface area contributed by atoms with Crippen LogP contribution >= 0.6 is 11.6 Å². The van der Waals surface area contributed by atoms with E-state index in [0.29, 0.717) is 11.6 Å². The third-order valence-corrected chi connectivity index (χ3v) is 3.96. The molecule has 1 N–H and O–H groups in total. The minimum atomic E-state index is -0.358. The van der Waals surface area contributed by atoms with Crippen molar-refractivity contribution in [1.82, 2.24) is 10.2 Å². The Kier molecular flexibility index (Phi) is 5.00. The Bertz CT molecular complexity index is 487. The number of nitrogens with one attached hydrogen (secondary N) is 1. The monoisotopic (exact) mass is 298 g/mol. The zero-order chi connectivity index (χ0) is 14.7. The molecule has 0 saturated carbocycles. The first-order chi connectivity index (χ1) is 9.49. The number of carbonyl (C=O) groups is 1. The molecule has 0 radical (unpaired) electrons. The SMILES string of the molecule is CC(C)C(=O)N(Cc1ccc(F)cc1Cl)[C@H]1CCNC1. The predicted octanol–water partition coefficient (Wildman–Crippen LogP) is 2.83. The van der Waals surface area contributed by atoms with Crippen molar-refractivity contribution in [3.05, 3.63) is 34.6 Å². The van der Waals surface area contributed by atoms with E-state index in [4.69, 9.17) is 11.6 Å². The van der Waals surface area contributed by atoms with Crippen LogP contribution in [0.15, 0.2) is 18.2 Å². The molecule has 1 atom stereocenters. The van der Waals surface area contributed by atoms with Gasteiger partial charge in [-0.2, -0.15) is 0 Å². The van der Waals surface area contributed by atoms with Crippen molar-refractivity contribution in [1.29, 1.82) is 0 Å². The van der Waals surface area contributed by atoms with Gasteiger partial charge in [0.2, 0.25) is 5.91 Å². The summed E-state index contributed by atoms with van der Waals surface area (Å²) in [6.07, 6.45) is 0.942. The van der Waals surface area contributed by atoms with Gasteiger partial charge in [0.1, 0.15) is 5.82 Å². The number of nitrogens with zero attached hydrogens (tertiary/aromatic N) is 1. The Morgan fingerprint density at radius 2 is 2.30 bits per heavy atom. The molecule has 1 aliphatic heterocycles. The van der Waals surface area contributed by atoms with Crippen molar-refractivity contribution < 1.29 is 9.18 Å². The summed E-state index contributed by atoms with van der Waals surface area (Å²) in [6, 6.07) is 4.51. The Morgan fingerprint density at radius 3 is 2.85 bits per heavy atom. The second-order valence-electron chi connectivity index (χ2n) is 5.50. The van der Waals surface area contributed by atoms with Gasteiger partial charge in [0.15, 0.2) is 0 Å². The van der Waals surface area contributed by atoms with Gasteiger partial charge in [0.05, 0.1) is 0 Å². The van der Waals surface area contributed by atoms with E-state index in [2.05, 4.69) is 5.32 Å². The van der Waals surface area contributed by atoms with Crippen molar-refractivity contribution in [3.63, 3.8) is 0 Å². The fourth-order valence-corrected chi connectivity index (χ4v) is 2.68. The molecule has 1 aromatic carbocycles. The molecule has 1 aromatic rings. The molecule has 3 nitrogen and oxygen atoms in total. The summed E-state index contributed by atoms with van der Waals surface area (Å²) in [6.45, 7) is 5.94. The van der Waals surface area contributed by atoms with Crippen LogP contribution in [0, 0.1) is 11.7 Å². The van der Waals surface area contributed by atoms with E-state index in [0.717, 1.165) is 25.1 Å². The molecule has 0 bridgehead atoms. The normalized spacial score (nSPS) is 18.6. The average Bonchev–Trinajstić information content (AvgIpc) is 2.90. The highest BCUT2D eigenvalue weighted by Gasteiger charge is 2.28. The number of halogens is 2. The minimum absolute atomic E-state index is 0.0603. The first-order valence-corrected chi connectivity index (χ1v) is 7.32. The first-order valence-electron chi connectivity index (χ1n) is 6.94. The van der Waals surface area contributed by atoms with Gasteiger partial charge in [0.25, 0.3) is 0 Å². The topological polar surface area (TPSA) is 32.3 Å². The summed E-state index contributed by atoms with van der Waals surface area (Å²) in [5.41, 5.74) is 0.786. The van der Waals surface area contributed by atoms with Crippen LogP contribution in [0.1, 0.15) is 25.8 Å². The van der Waals surface area contributed by atoms with E-state index < -0.39 is 0 Å². The Balaban J connectivity index is 2.20. The maximum Gasteiger partial charge on any atom is 0.225 e. The molecular weight excluding hydrogens is 279 g/mol. The van der Waals surface area contributed by atoms with Gasteiger partial charge in [-0.25, -0.2) is 4.39 Å². The molecule has 0 aliphatic carbocycles. The molecule has 1 amide bonds. The number of carbonyl (C=O) groups excluding carboxylic acids is 1. The van der Waals surface area contributed by atoms with E-state index in [1.54, 1.807) is 6.07 Å². The molecule has 0 unspecified atom stereocenters. The summed E-state index contributed by atoms with van der Waals surface area (Å²) in [7, 11) is 0. The highest BCUT2D eigenvalue weighted by Crippen LogP contribution is 2.22. The fourth-order valence-electron chi connectivity index (χ4n) is 2.46. The van der Waals surface area contributed by atoms with Gasteiger partial charge < -0.3 is 10.2 Å². The summed E-state index contributed by atoms with van der Waals surface area (Å²) in [4.78, 5) is 14.3. The van der Waals surface area contributed by atoms with E-state index in [-0.39, 0.29) is 23.7 Å². The molecule has 110 valence electrons. The molecule has 20 heavy (non-hydrogen) atoms. The van der Waals surface area contributed by atoms with Crippen LogP contribution < -0.4 is 5.32 Å². The van der Waals surface area contributed by atoms with Crippen LogP contribution in [0.25, 0.3) is 0 Å². The second kappa shape index (κ2) is 6.55. The molecule has 0 aromatic heterocycles. The third-order valence-electron chi connectivity index (χ3n) is 3.61. The highest BCUT2D eigenvalue weighted by atomic mass is 35.5. The molecule has 1 heterocycles. The van der Waals surface area contributed by atoms with Crippen molar-refractivity contribution in [2.75, 3.05) is 13.1 Å². The summed E-state index contributed by atoms with van der Waals surface area (Å²) in [5, 5.41) is 3.64. The molecule has 1 saturated heterocycles. The van der Waals surface area contributed by atoms with Crippen molar-refractivity contribution in [3.8, 4) is 0 Å². The molecule has 1 fully saturated rings. The predicted molar refractivity (Wildman–Crippen MR) is 78.1 cm³/mol. The van der Waals surface area contributed by atoms with Gasteiger partial charge in [-0.15, -0.1) is 0 Å². The van der Waals surface area contributed by atoms with E-state index >= 15 is 0 Å². The Hall–Kier alpha value is -1.13. The zero-order valence-corrected chi connectivity index (χ0v) is 12.6. The third kappa shape index (κ3) is 3.49. The van der Waals surface area contributed by atoms with Gasteiger partial charge in [-0.1, -0.05) is 31.5 Å².